The van der Waals surface area contributed by atoms with Crippen molar-refractivity contribution in [1.29, 1.82) is 0 Å². The maximum Gasteiger partial charge on any atom is 0.133 e. The first kappa shape index (κ1) is 12.0. The lowest BCUT2D eigenvalue weighted by atomic mass is 10.1. The number of hydrogen-bond donors (Lipinski definition) is 1. The van der Waals surface area contributed by atoms with Crippen molar-refractivity contribution in [2.45, 2.75) is 38.3 Å². The van der Waals surface area contributed by atoms with E-state index in [0.29, 0.717) is 12.3 Å². The minimum Gasteiger partial charge on any atom is -0.307 e. The van der Waals surface area contributed by atoms with E-state index in [1.54, 1.807) is 12.1 Å². The number of halogens is 1. The summed E-state index contributed by atoms with van der Waals surface area (Å²) in [7, 11) is 0. The first-order valence-corrected chi connectivity index (χ1v) is 7.13. The molecule has 1 saturated carbocycles. The van der Waals surface area contributed by atoms with E-state index in [1.165, 1.54) is 30.2 Å². The number of nitrogens with one attached hydrogen (secondary N) is 1. The molecule has 0 amide bonds. The first-order chi connectivity index (χ1) is 9.79. The Morgan fingerprint density at radius 3 is 2.90 bits per heavy atom. The molecule has 1 aliphatic heterocycles. The van der Waals surface area contributed by atoms with Crippen LogP contribution in [0.1, 0.15) is 47.1 Å². The molecular formula is C16H16FN3. The highest BCUT2D eigenvalue weighted by Gasteiger charge is 2.31. The smallest absolute Gasteiger partial charge is 0.133 e. The molecule has 1 fully saturated rings. The highest BCUT2D eigenvalue weighted by atomic mass is 19.1. The van der Waals surface area contributed by atoms with Crippen LogP contribution in [-0.2, 0) is 19.5 Å². The molecule has 0 spiro atoms. The van der Waals surface area contributed by atoms with Gasteiger partial charge < -0.3 is 5.32 Å². The van der Waals surface area contributed by atoms with E-state index < -0.39 is 0 Å². The minimum atomic E-state index is -0.201. The van der Waals surface area contributed by atoms with E-state index in [-0.39, 0.29) is 5.82 Å². The fraction of sp³-hybridized carbons (Fsp3) is 0.375. The monoisotopic (exact) mass is 269 g/mol. The van der Waals surface area contributed by atoms with Gasteiger partial charge in [0.2, 0.25) is 0 Å². The Balaban J connectivity index is 1.70. The average molecular weight is 269 g/mol. The van der Waals surface area contributed by atoms with E-state index in [1.807, 2.05) is 6.07 Å². The van der Waals surface area contributed by atoms with Crippen molar-refractivity contribution < 1.29 is 4.39 Å². The van der Waals surface area contributed by atoms with Crippen molar-refractivity contribution in [3.8, 4) is 0 Å². The van der Waals surface area contributed by atoms with Crippen LogP contribution in [0.25, 0.3) is 0 Å². The largest absolute Gasteiger partial charge is 0.307 e. The molecule has 1 aromatic heterocycles. The van der Waals surface area contributed by atoms with Crippen LogP contribution in [0.5, 0.6) is 0 Å². The van der Waals surface area contributed by atoms with Gasteiger partial charge in [-0.3, -0.25) is 0 Å². The molecule has 2 aromatic rings. The van der Waals surface area contributed by atoms with Gasteiger partial charge in [0.05, 0.1) is 11.4 Å². The molecule has 0 radical (unpaired) electrons. The number of benzene rings is 1. The van der Waals surface area contributed by atoms with Gasteiger partial charge >= 0.3 is 0 Å². The molecule has 4 heteroatoms. The molecule has 3 nitrogen and oxygen atoms in total. The molecule has 20 heavy (non-hydrogen) atoms. The van der Waals surface area contributed by atoms with Crippen molar-refractivity contribution in [2.75, 3.05) is 0 Å². The molecule has 1 N–H and O–H groups in total. The number of fused-ring (bicyclic) bond motifs is 1. The zero-order valence-corrected chi connectivity index (χ0v) is 11.2. The van der Waals surface area contributed by atoms with Gasteiger partial charge in [-0.15, -0.1) is 0 Å². The predicted octanol–water partition coefficient (Wildman–Crippen LogP) is 2.69. The van der Waals surface area contributed by atoms with Gasteiger partial charge in [0.15, 0.2) is 0 Å². The highest BCUT2D eigenvalue weighted by molar-refractivity contribution is 5.34. The molecule has 102 valence electrons. The van der Waals surface area contributed by atoms with E-state index in [9.17, 15) is 4.39 Å². The molecule has 1 aliphatic carbocycles. The number of rotatable bonds is 3. The molecule has 4 rings (SSSR count). The third kappa shape index (κ3) is 2.20. The van der Waals surface area contributed by atoms with E-state index in [4.69, 9.17) is 4.98 Å². The van der Waals surface area contributed by atoms with Crippen LogP contribution < -0.4 is 5.32 Å². The lowest BCUT2D eigenvalue weighted by Gasteiger charge is -2.09. The zero-order valence-electron chi connectivity index (χ0n) is 11.2. The lowest BCUT2D eigenvalue weighted by molar-refractivity contribution is 0.625. The summed E-state index contributed by atoms with van der Waals surface area (Å²) in [6.45, 7) is 1.72. The quantitative estimate of drug-likeness (QED) is 0.931. The second-order valence-electron chi connectivity index (χ2n) is 5.63. The van der Waals surface area contributed by atoms with Crippen LogP contribution >= 0.6 is 0 Å². The van der Waals surface area contributed by atoms with Gasteiger partial charge in [-0.05, 0) is 30.5 Å². The molecule has 0 bridgehead atoms. The summed E-state index contributed by atoms with van der Waals surface area (Å²) in [5.74, 6) is 1.24. The van der Waals surface area contributed by atoms with Crippen molar-refractivity contribution >= 4 is 0 Å². The third-order valence-corrected chi connectivity index (χ3v) is 3.98. The minimum absolute atomic E-state index is 0.201. The SMILES string of the molecule is Fc1cccc(Cc2nc3c(c(C4CC4)n2)CNC3)c1. The molecule has 0 saturated heterocycles. The second-order valence-corrected chi connectivity index (χ2v) is 5.63. The summed E-state index contributed by atoms with van der Waals surface area (Å²) >= 11 is 0. The van der Waals surface area contributed by atoms with Crippen LogP contribution in [0.3, 0.4) is 0 Å². The number of aromatic nitrogens is 2. The number of hydrogen-bond acceptors (Lipinski definition) is 3. The van der Waals surface area contributed by atoms with E-state index in [2.05, 4.69) is 10.3 Å². The van der Waals surface area contributed by atoms with Gasteiger partial charge in [-0.25, -0.2) is 14.4 Å². The molecule has 0 atom stereocenters. The predicted molar refractivity (Wildman–Crippen MR) is 73.8 cm³/mol. The normalized spacial score (nSPS) is 17.2. The maximum absolute atomic E-state index is 13.3. The van der Waals surface area contributed by atoms with Crippen molar-refractivity contribution in [3.05, 3.63) is 58.4 Å². The summed E-state index contributed by atoms with van der Waals surface area (Å²) in [6, 6.07) is 6.69. The molecular weight excluding hydrogens is 253 g/mol. The van der Waals surface area contributed by atoms with Crippen LogP contribution in [0.2, 0.25) is 0 Å². The molecule has 0 unspecified atom stereocenters. The summed E-state index contributed by atoms with van der Waals surface area (Å²) in [5, 5.41) is 3.35. The van der Waals surface area contributed by atoms with Gasteiger partial charge in [0, 0.05) is 31.0 Å². The third-order valence-electron chi connectivity index (χ3n) is 3.98. The van der Waals surface area contributed by atoms with Crippen molar-refractivity contribution in [2.24, 2.45) is 0 Å². The standard InChI is InChI=1S/C16H16FN3/c17-12-3-1-2-10(6-12)7-15-19-14-9-18-8-13(14)16(20-15)11-4-5-11/h1-3,6,11,18H,4-5,7-9H2. The Bertz CT molecular complexity index is 665. The Labute approximate surface area is 117 Å². The Hall–Kier alpha value is -1.81. The zero-order chi connectivity index (χ0) is 13.5. The fourth-order valence-corrected chi connectivity index (χ4v) is 2.85. The van der Waals surface area contributed by atoms with Crippen molar-refractivity contribution in [3.63, 3.8) is 0 Å². The van der Waals surface area contributed by atoms with Crippen LogP contribution in [0, 0.1) is 5.82 Å². The Kier molecular flexibility index (Phi) is 2.77. The van der Waals surface area contributed by atoms with Gasteiger partial charge in [-0.2, -0.15) is 0 Å². The molecule has 2 aliphatic rings. The van der Waals surface area contributed by atoms with Gasteiger partial charge in [0.25, 0.3) is 0 Å². The summed E-state index contributed by atoms with van der Waals surface area (Å²) < 4.78 is 13.3. The number of nitrogens with zero attached hydrogens (tertiary/aromatic N) is 2. The Morgan fingerprint density at radius 2 is 2.10 bits per heavy atom. The van der Waals surface area contributed by atoms with E-state index in [0.717, 1.165) is 30.2 Å². The van der Waals surface area contributed by atoms with Crippen LogP contribution in [0.15, 0.2) is 24.3 Å². The van der Waals surface area contributed by atoms with Crippen LogP contribution in [0.4, 0.5) is 4.39 Å². The van der Waals surface area contributed by atoms with Gasteiger partial charge in [0.1, 0.15) is 11.6 Å². The summed E-state index contributed by atoms with van der Waals surface area (Å²) in [4.78, 5) is 9.41. The fourth-order valence-electron chi connectivity index (χ4n) is 2.85. The Morgan fingerprint density at radius 1 is 1.20 bits per heavy atom. The second kappa shape index (κ2) is 4.63. The maximum atomic E-state index is 13.3. The summed E-state index contributed by atoms with van der Waals surface area (Å²) in [5.41, 5.74) is 4.59. The van der Waals surface area contributed by atoms with E-state index >= 15 is 0 Å². The first-order valence-electron chi connectivity index (χ1n) is 7.13. The average Bonchev–Trinajstić information content (AvgIpc) is 3.16. The lowest BCUT2D eigenvalue weighted by Crippen LogP contribution is -2.06. The topological polar surface area (TPSA) is 37.8 Å². The molecule has 2 heterocycles. The highest BCUT2D eigenvalue weighted by Crippen LogP contribution is 2.41. The van der Waals surface area contributed by atoms with Crippen molar-refractivity contribution in [1.82, 2.24) is 15.3 Å². The molecule has 1 aromatic carbocycles. The van der Waals surface area contributed by atoms with Crippen LogP contribution in [-0.4, -0.2) is 9.97 Å². The summed E-state index contributed by atoms with van der Waals surface area (Å²) in [6.07, 6.45) is 3.08. The van der Waals surface area contributed by atoms with Gasteiger partial charge in [-0.1, -0.05) is 12.1 Å².